The standard InChI is InChI=1S/C19H15BrN4O2S/c1-11(25)24-15-6-4-3-5-14(15)16-17(21-19(27-2)23-22-16)26-18(24)12-7-9-13(20)10-8-12/h3-10,18H,1-2H3/t18-/m0/s1. The molecule has 1 aromatic heterocycles. The van der Waals surface area contributed by atoms with Gasteiger partial charge in [0.25, 0.3) is 0 Å². The van der Waals surface area contributed by atoms with Crippen LogP contribution < -0.4 is 9.64 Å². The molecule has 1 atom stereocenters. The van der Waals surface area contributed by atoms with Crippen LogP contribution in [0.25, 0.3) is 11.3 Å². The molecular weight excluding hydrogens is 428 g/mol. The molecule has 1 aliphatic heterocycles. The van der Waals surface area contributed by atoms with E-state index >= 15 is 0 Å². The van der Waals surface area contributed by atoms with Crippen LogP contribution in [0.5, 0.6) is 5.88 Å². The number of aromatic nitrogens is 3. The van der Waals surface area contributed by atoms with Crippen LogP contribution in [0.3, 0.4) is 0 Å². The molecule has 2 heterocycles. The zero-order valence-corrected chi connectivity index (χ0v) is 17.0. The van der Waals surface area contributed by atoms with E-state index in [1.807, 2.05) is 54.8 Å². The third-order valence-corrected chi connectivity index (χ3v) is 5.26. The van der Waals surface area contributed by atoms with E-state index in [1.165, 1.54) is 18.7 Å². The second-order valence-corrected chi connectivity index (χ2v) is 7.57. The van der Waals surface area contributed by atoms with E-state index in [0.29, 0.717) is 22.4 Å². The molecule has 1 aliphatic rings. The van der Waals surface area contributed by atoms with Gasteiger partial charge >= 0.3 is 0 Å². The molecule has 136 valence electrons. The first-order chi connectivity index (χ1) is 13.1. The van der Waals surface area contributed by atoms with Gasteiger partial charge in [-0.25, -0.2) is 0 Å². The number of halogens is 1. The Labute approximate surface area is 169 Å². The number of carbonyl (C=O) groups excluding carboxylic acids is 1. The van der Waals surface area contributed by atoms with Crippen LogP contribution in [-0.4, -0.2) is 27.3 Å². The van der Waals surface area contributed by atoms with Gasteiger partial charge in [-0.05, 0) is 24.5 Å². The van der Waals surface area contributed by atoms with Gasteiger partial charge in [0.1, 0.15) is 0 Å². The number of nitrogens with zero attached hydrogens (tertiary/aromatic N) is 4. The normalized spacial score (nSPS) is 15.4. The fourth-order valence-corrected chi connectivity index (χ4v) is 3.54. The molecule has 0 radical (unpaired) electrons. The van der Waals surface area contributed by atoms with Gasteiger partial charge in [0.05, 0.1) is 5.69 Å². The number of carbonyl (C=O) groups is 1. The molecule has 0 fully saturated rings. The van der Waals surface area contributed by atoms with E-state index in [2.05, 4.69) is 31.1 Å². The molecule has 3 aromatic rings. The van der Waals surface area contributed by atoms with Crippen molar-refractivity contribution in [3.63, 3.8) is 0 Å². The van der Waals surface area contributed by atoms with Crippen molar-refractivity contribution < 1.29 is 9.53 Å². The highest BCUT2D eigenvalue weighted by Crippen LogP contribution is 2.43. The van der Waals surface area contributed by atoms with E-state index in [9.17, 15) is 4.79 Å². The molecule has 0 bridgehead atoms. The fourth-order valence-electron chi connectivity index (χ4n) is 2.98. The molecule has 4 rings (SSSR count). The monoisotopic (exact) mass is 442 g/mol. The van der Waals surface area contributed by atoms with E-state index < -0.39 is 6.23 Å². The maximum atomic E-state index is 12.6. The summed E-state index contributed by atoms with van der Waals surface area (Å²) >= 11 is 4.83. The largest absolute Gasteiger partial charge is 0.447 e. The van der Waals surface area contributed by atoms with Crippen LogP contribution in [0.15, 0.2) is 58.2 Å². The van der Waals surface area contributed by atoms with Gasteiger partial charge in [-0.15, -0.1) is 10.2 Å². The maximum Gasteiger partial charge on any atom is 0.247 e. The van der Waals surface area contributed by atoms with Gasteiger partial charge in [0.15, 0.2) is 5.69 Å². The quantitative estimate of drug-likeness (QED) is 0.545. The van der Waals surface area contributed by atoms with E-state index in [4.69, 9.17) is 4.74 Å². The summed E-state index contributed by atoms with van der Waals surface area (Å²) in [4.78, 5) is 18.7. The molecule has 1 amide bonds. The number of benzene rings is 2. The maximum absolute atomic E-state index is 12.6. The first kappa shape index (κ1) is 17.9. The Hall–Kier alpha value is -2.45. The van der Waals surface area contributed by atoms with Crippen LogP contribution in [0.1, 0.15) is 18.7 Å². The number of thioether (sulfide) groups is 1. The summed E-state index contributed by atoms with van der Waals surface area (Å²) in [6.45, 7) is 1.52. The minimum absolute atomic E-state index is 0.138. The molecule has 2 aromatic carbocycles. The van der Waals surface area contributed by atoms with Gasteiger partial charge in [-0.1, -0.05) is 58.0 Å². The summed E-state index contributed by atoms with van der Waals surface area (Å²) in [5.74, 6) is 0.222. The molecule has 0 saturated heterocycles. The lowest BCUT2D eigenvalue weighted by Gasteiger charge is -2.29. The highest BCUT2D eigenvalue weighted by atomic mass is 79.9. The zero-order valence-electron chi connectivity index (χ0n) is 14.6. The smallest absolute Gasteiger partial charge is 0.247 e. The Kier molecular flexibility index (Phi) is 4.84. The zero-order chi connectivity index (χ0) is 19.0. The summed E-state index contributed by atoms with van der Waals surface area (Å²) in [5, 5.41) is 8.98. The van der Waals surface area contributed by atoms with E-state index in [0.717, 1.165) is 15.6 Å². The number of rotatable bonds is 2. The van der Waals surface area contributed by atoms with Crippen LogP contribution in [0.2, 0.25) is 0 Å². The second kappa shape index (κ2) is 7.28. The van der Waals surface area contributed by atoms with Crippen molar-refractivity contribution in [2.45, 2.75) is 18.3 Å². The Balaban J connectivity index is 1.96. The lowest BCUT2D eigenvalue weighted by molar-refractivity contribution is -0.118. The van der Waals surface area contributed by atoms with Crippen molar-refractivity contribution in [1.82, 2.24) is 15.2 Å². The molecule has 0 aliphatic carbocycles. The van der Waals surface area contributed by atoms with Gasteiger partial charge in [-0.3, -0.25) is 9.69 Å². The number of amides is 1. The first-order valence-electron chi connectivity index (χ1n) is 8.18. The van der Waals surface area contributed by atoms with Gasteiger partial charge in [-0.2, -0.15) is 4.98 Å². The molecule has 0 unspecified atom stereocenters. The topological polar surface area (TPSA) is 68.2 Å². The van der Waals surface area contributed by atoms with Crippen molar-refractivity contribution in [3.8, 4) is 17.1 Å². The first-order valence-corrected chi connectivity index (χ1v) is 10.2. The lowest BCUT2D eigenvalue weighted by Crippen LogP contribution is -2.36. The number of hydrogen-bond acceptors (Lipinski definition) is 6. The van der Waals surface area contributed by atoms with Crippen molar-refractivity contribution in [2.75, 3.05) is 11.2 Å². The van der Waals surface area contributed by atoms with Crippen molar-refractivity contribution in [2.24, 2.45) is 0 Å². The molecule has 0 saturated carbocycles. The van der Waals surface area contributed by atoms with E-state index in [1.54, 1.807) is 4.90 Å². The summed E-state index contributed by atoms with van der Waals surface area (Å²) in [7, 11) is 0. The minimum Gasteiger partial charge on any atom is -0.447 e. The lowest BCUT2D eigenvalue weighted by atomic mass is 10.1. The van der Waals surface area contributed by atoms with Crippen molar-refractivity contribution in [1.29, 1.82) is 0 Å². The Morgan fingerprint density at radius 1 is 1.15 bits per heavy atom. The minimum atomic E-state index is -0.663. The number of para-hydroxylation sites is 1. The molecule has 0 N–H and O–H groups in total. The molecular formula is C19H15BrN4O2S. The van der Waals surface area contributed by atoms with Gasteiger partial charge < -0.3 is 4.74 Å². The van der Waals surface area contributed by atoms with Crippen LogP contribution >= 0.6 is 27.7 Å². The summed E-state index contributed by atoms with van der Waals surface area (Å²) in [5.41, 5.74) is 2.83. The third-order valence-electron chi connectivity index (χ3n) is 4.19. The Morgan fingerprint density at radius 2 is 1.89 bits per heavy atom. The van der Waals surface area contributed by atoms with Crippen molar-refractivity contribution in [3.05, 3.63) is 58.6 Å². The predicted octanol–water partition coefficient (Wildman–Crippen LogP) is 4.47. The SMILES string of the molecule is CSc1nnc2c(n1)O[C@@H](c1ccc(Br)cc1)N(C(C)=O)c1ccccc1-2. The summed E-state index contributed by atoms with van der Waals surface area (Å²) < 4.78 is 7.19. The number of fused-ring (bicyclic) bond motifs is 3. The third kappa shape index (κ3) is 3.30. The Morgan fingerprint density at radius 3 is 2.59 bits per heavy atom. The number of hydrogen-bond donors (Lipinski definition) is 0. The summed E-state index contributed by atoms with van der Waals surface area (Å²) in [6, 6.07) is 15.2. The average Bonchev–Trinajstić information content (AvgIpc) is 2.82. The molecule has 27 heavy (non-hydrogen) atoms. The number of anilines is 1. The summed E-state index contributed by atoms with van der Waals surface area (Å²) in [6.07, 6.45) is 1.21. The predicted molar refractivity (Wildman–Crippen MR) is 108 cm³/mol. The van der Waals surface area contributed by atoms with E-state index in [-0.39, 0.29) is 5.91 Å². The molecule has 8 heteroatoms. The highest BCUT2D eigenvalue weighted by molar-refractivity contribution is 9.10. The molecule has 0 spiro atoms. The second-order valence-electron chi connectivity index (χ2n) is 5.88. The van der Waals surface area contributed by atoms with Gasteiger partial charge in [0, 0.05) is 22.5 Å². The van der Waals surface area contributed by atoms with Crippen molar-refractivity contribution >= 4 is 39.3 Å². The van der Waals surface area contributed by atoms with Crippen LogP contribution in [0, 0.1) is 0 Å². The highest BCUT2D eigenvalue weighted by Gasteiger charge is 2.34. The molecule has 6 nitrogen and oxygen atoms in total. The Bertz CT molecular complexity index is 1010. The average molecular weight is 443 g/mol. The van der Waals surface area contributed by atoms with Crippen LogP contribution in [0.4, 0.5) is 5.69 Å². The number of ether oxygens (including phenoxy) is 1. The van der Waals surface area contributed by atoms with Gasteiger partial charge in [0.2, 0.25) is 23.2 Å². The van der Waals surface area contributed by atoms with Crippen LogP contribution in [-0.2, 0) is 4.79 Å². The fraction of sp³-hybridized carbons (Fsp3) is 0.158.